The van der Waals surface area contributed by atoms with Crippen molar-refractivity contribution in [2.75, 3.05) is 25.6 Å². The predicted octanol–water partition coefficient (Wildman–Crippen LogP) is 3.42. The minimum absolute atomic E-state index is 0.159. The largest absolute Gasteiger partial charge is 0.488 e. The van der Waals surface area contributed by atoms with Crippen LogP contribution < -0.4 is 10.1 Å². The number of anilines is 2. The summed E-state index contributed by atoms with van der Waals surface area (Å²) in [6.45, 7) is 3.56. The molecule has 9 nitrogen and oxygen atoms in total. The van der Waals surface area contributed by atoms with Gasteiger partial charge in [0.25, 0.3) is 0 Å². The average molecular weight is 460 g/mol. The van der Waals surface area contributed by atoms with Crippen LogP contribution in [0.2, 0.25) is 0 Å². The number of nitrogens with zero attached hydrogens (tertiary/aromatic N) is 6. The summed E-state index contributed by atoms with van der Waals surface area (Å²) < 4.78 is 16.0. The van der Waals surface area contributed by atoms with Crippen LogP contribution in [0.4, 0.5) is 11.6 Å². The van der Waals surface area contributed by atoms with Gasteiger partial charge in [0, 0.05) is 67.8 Å². The van der Waals surface area contributed by atoms with Crippen molar-refractivity contribution >= 4 is 17.2 Å². The Morgan fingerprint density at radius 2 is 1.82 bits per heavy atom. The van der Waals surface area contributed by atoms with Crippen LogP contribution in [0.15, 0.2) is 48.9 Å². The smallest absolute Gasteiger partial charge is 0.154 e. The molecule has 4 aromatic rings. The molecule has 1 N–H and O–H groups in total. The fourth-order valence-electron chi connectivity index (χ4n) is 5.02. The number of fused-ring (bicyclic) bond motifs is 3. The Balaban J connectivity index is 1.28. The van der Waals surface area contributed by atoms with Crippen molar-refractivity contribution < 1.29 is 9.47 Å². The third kappa shape index (κ3) is 4.01. The number of nitrogens with one attached hydrogen (secondary N) is 1. The molecule has 3 atom stereocenters. The maximum absolute atomic E-state index is 6.59. The van der Waals surface area contributed by atoms with Crippen LogP contribution in [0.1, 0.15) is 18.5 Å². The number of hydrogen-bond acceptors (Lipinski definition) is 7. The molecule has 0 aliphatic carbocycles. The number of aryl methyl sites for hydroxylation is 2. The summed E-state index contributed by atoms with van der Waals surface area (Å²) in [7, 11) is 4.09. The highest BCUT2D eigenvalue weighted by Gasteiger charge is 2.38. The van der Waals surface area contributed by atoms with E-state index >= 15 is 0 Å². The molecule has 4 aromatic heterocycles. The van der Waals surface area contributed by atoms with Gasteiger partial charge >= 0.3 is 0 Å². The van der Waals surface area contributed by atoms with Gasteiger partial charge in [0.05, 0.1) is 24.9 Å². The number of hydrogen-bond donors (Lipinski definition) is 1. The minimum Gasteiger partial charge on any atom is -0.488 e. The van der Waals surface area contributed by atoms with Gasteiger partial charge in [-0.15, -0.1) is 0 Å². The molecule has 0 saturated carbocycles. The van der Waals surface area contributed by atoms with E-state index in [1.807, 2.05) is 49.2 Å². The maximum atomic E-state index is 6.59. The van der Waals surface area contributed by atoms with Crippen LogP contribution in [0.5, 0.6) is 5.75 Å². The van der Waals surface area contributed by atoms with E-state index in [4.69, 9.17) is 9.47 Å². The van der Waals surface area contributed by atoms with Crippen LogP contribution in [-0.2, 0) is 11.8 Å². The molecule has 0 spiro atoms. The average Bonchev–Trinajstić information content (AvgIpc) is 3.40. The molecule has 2 saturated heterocycles. The second kappa shape index (κ2) is 8.41. The monoisotopic (exact) mass is 459 g/mol. The Bertz CT molecular complexity index is 1320. The molecule has 6 rings (SSSR count). The minimum atomic E-state index is 0.159. The lowest BCUT2D eigenvalue weighted by molar-refractivity contribution is -0.0879. The lowest BCUT2D eigenvalue weighted by Gasteiger charge is -2.46. The summed E-state index contributed by atoms with van der Waals surface area (Å²) in [5.41, 5.74) is 4.08. The summed E-state index contributed by atoms with van der Waals surface area (Å²) >= 11 is 0. The van der Waals surface area contributed by atoms with Crippen molar-refractivity contribution in [3.63, 3.8) is 0 Å². The predicted molar refractivity (Wildman–Crippen MR) is 129 cm³/mol. The van der Waals surface area contributed by atoms with E-state index in [-0.39, 0.29) is 6.10 Å². The van der Waals surface area contributed by atoms with Crippen LogP contribution in [0.3, 0.4) is 0 Å². The van der Waals surface area contributed by atoms with Gasteiger partial charge in [-0.05, 0) is 37.7 Å². The molecule has 6 heterocycles. The van der Waals surface area contributed by atoms with E-state index in [0.29, 0.717) is 12.1 Å². The number of piperidine rings is 1. The van der Waals surface area contributed by atoms with Gasteiger partial charge < -0.3 is 14.8 Å². The van der Waals surface area contributed by atoms with E-state index in [2.05, 4.69) is 50.6 Å². The lowest BCUT2D eigenvalue weighted by atomic mass is 9.92. The highest BCUT2D eigenvalue weighted by molar-refractivity contribution is 5.75. The maximum Gasteiger partial charge on any atom is 0.154 e. The van der Waals surface area contributed by atoms with Crippen LogP contribution in [0, 0.1) is 6.92 Å². The Hall–Kier alpha value is -3.43. The van der Waals surface area contributed by atoms with Crippen molar-refractivity contribution in [1.29, 1.82) is 0 Å². The summed E-state index contributed by atoms with van der Waals surface area (Å²) in [4.78, 5) is 6.98. The lowest BCUT2D eigenvalue weighted by Crippen LogP contribution is -2.57. The van der Waals surface area contributed by atoms with Crippen LogP contribution in [0.25, 0.3) is 16.6 Å². The zero-order valence-corrected chi connectivity index (χ0v) is 19.7. The van der Waals surface area contributed by atoms with Gasteiger partial charge in [-0.3, -0.25) is 14.6 Å². The van der Waals surface area contributed by atoms with Crippen molar-refractivity contribution in [3.05, 3.63) is 54.6 Å². The third-order valence-electron chi connectivity index (χ3n) is 6.88. The van der Waals surface area contributed by atoms with Gasteiger partial charge in [-0.1, -0.05) is 0 Å². The molecular weight excluding hydrogens is 430 g/mol. The molecule has 0 radical (unpaired) electrons. The molecular formula is C25H29N7O2. The Morgan fingerprint density at radius 3 is 2.59 bits per heavy atom. The van der Waals surface area contributed by atoms with E-state index in [0.717, 1.165) is 65.8 Å². The first-order valence-corrected chi connectivity index (χ1v) is 11.7. The number of pyridine rings is 2. The number of ether oxygens (including phenoxy) is 2. The molecule has 34 heavy (non-hydrogen) atoms. The molecule has 176 valence electrons. The fourth-order valence-corrected chi connectivity index (χ4v) is 5.02. The molecule has 2 fully saturated rings. The molecule has 2 bridgehead atoms. The van der Waals surface area contributed by atoms with E-state index in [1.165, 1.54) is 0 Å². The zero-order chi connectivity index (χ0) is 23.2. The molecule has 0 aromatic carbocycles. The number of likely N-dealkylation sites (N-methyl/N-ethyl adjacent to an activating group) is 1. The van der Waals surface area contributed by atoms with Gasteiger partial charge in [0.2, 0.25) is 0 Å². The normalized spacial score (nSPS) is 22.7. The van der Waals surface area contributed by atoms with Gasteiger partial charge in [-0.25, -0.2) is 4.52 Å². The van der Waals surface area contributed by atoms with Crippen molar-refractivity contribution in [1.82, 2.24) is 29.3 Å². The highest BCUT2D eigenvalue weighted by atomic mass is 16.5. The fraction of sp³-hybridized carbons (Fsp3) is 0.400. The highest BCUT2D eigenvalue weighted by Crippen LogP contribution is 2.35. The summed E-state index contributed by atoms with van der Waals surface area (Å²) in [6, 6.07) is 11.1. The quantitative estimate of drug-likeness (QED) is 0.490. The van der Waals surface area contributed by atoms with Gasteiger partial charge in [-0.2, -0.15) is 10.2 Å². The second-order valence-corrected chi connectivity index (χ2v) is 9.36. The Morgan fingerprint density at radius 1 is 1.00 bits per heavy atom. The number of aromatic nitrogens is 5. The Kier molecular flexibility index (Phi) is 5.23. The van der Waals surface area contributed by atoms with Crippen LogP contribution >= 0.6 is 0 Å². The first-order valence-electron chi connectivity index (χ1n) is 11.7. The van der Waals surface area contributed by atoms with Crippen molar-refractivity contribution in [2.45, 2.75) is 38.0 Å². The Labute approximate surface area is 198 Å². The van der Waals surface area contributed by atoms with Crippen molar-refractivity contribution in [3.8, 4) is 16.9 Å². The van der Waals surface area contributed by atoms with E-state index in [9.17, 15) is 0 Å². The SMILES string of the molecule is Cc1cc(-c2ccn3nc(Nc4ccn(C)n4)cc3c2)c(OC2C[C@H]3COC[C@@H](C2)N3C)cn1. The standard InChI is InChI=1S/C25H29N7O2/c1-16-8-22(23(13-26-16)34-21-10-19-14-33-15-20(11-21)31(19)3)17-4-7-32-18(9-17)12-25(29-32)27-24-5-6-30(2)28-24/h4-9,12-13,19-21H,10-11,14-15H2,1-3H3,(H,27,28,29)/t19-,20+,21?. The summed E-state index contributed by atoms with van der Waals surface area (Å²) in [5, 5.41) is 12.2. The van der Waals surface area contributed by atoms with Crippen LogP contribution in [-0.4, -0.2) is 67.7 Å². The van der Waals surface area contributed by atoms with E-state index < -0.39 is 0 Å². The second-order valence-electron chi connectivity index (χ2n) is 9.36. The summed E-state index contributed by atoms with van der Waals surface area (Å²) in [5.74, 6) is 2.34. The topological polar surface area (TPSA) is 81.7 Å². The first kappa shape index (κ1) is 21.1. The molecule has 0 amide bonds. The first-order chi connectivity index (χ1) is 16.5. The molecule has 2 aliphatic heterocycles. The van der Waals surface area contributed by atoms with Gasteiger partial charge in [0.15, 0.2) is 11.6 Å². The zero-order valence-electron chi connectivity index (χ0n) is 19.7. The molecule has 9 heteroatoms. The van der Waals surface area contributed by atoms with E-state index in [1.54, 1.807) is 4.68 Å². The third-order valence-corrected chi connectivity index (χ3v) is 6.88. The molecule has 1 unspecified atom stereocenters. The summed E-state index contributed by atoms with van der Waals surface area (Å²) in [6.07, 6.45) is 7.82. The van der Waals surface area contributed by atoms with Crippen molar-refractivity contribution in [2.24, 2.45) is 7.05 Å². The number of morpholine rings is 1. The number of rotatable bonds is 5. The van der Waals surface area contributed by atoms with Gasteiger partial charge in [0.1, 0.15) is 11.9 Å². The molecule has 2 aliphatic rings.